The zero-order chi connectivity index (χ0) is 21.4. The van der Waals surface area contributed by atoms with Crippen molar-refractivity contribution in [1.82, 2.24) is 0 Å². The van der Waals surface area contributed by atoms with E-state index in [4.69, 9.17) is 11.6 Å². The smallest absolute Gasteiger partial charge is 0.418 e. The van der Waals surface area contributed by atoms with Crippen LogP contribution in [0.5, 0.6) is 5.75 Å². The molecule has 0 aliphatic rings. The summed E-state index contributed by atoms with van der Waals surface area (Å²) in [5.74, 6) is -1.31. The van der Waals surface area contributed by atoms with Gasteiger partial charge in [-0.3, -0.25) is 4.79 Å². The minimum absolute atomic E-state index is 0.199. The summed E-state index contributed by atoms with van der Waals surface area (Å²) in [4.78, 5) is 23.3. The molecule has 0 heterocycles. The van der Waals surface area contributed by atoms with E-state index in [0.29, 0.717) is 11.6 Å². The molecule has 2 aromatic rings. The Morgan fingerprint density at radius 2 is 1.75 bits per heavy atom. The summed E-state index contributed by atoms with van der Waals surface area (Å²) < 4.78 is 39.9. The Bertz CT molecular complexity index is 951. The standard InChI is InChI=1S/C19H18ClF3N2O3/c1-9-13(20)8-12(18(2,3)4)16(26)15(9)17(27)24-14-6-5-10(25-28)7-11(14)19(21,22)23/h5-8,26H,1-4H3,(H,24,27). The van der Waals surface area contributed by atoms with Crippen molar-refractivity contribution in [1.29, 1.82) is 0 Å². The quantitative estimate of drug-likeness (QED) is 0.577. The number of hydrogen-bond donors (Lipinski definition) is 2. The van der Waals surface area contributed by atoms with Crippen molar-refractivity contribution in [3.05, 3.63) is 56.4 Å². The topological polar surface area (TPSA) is 78.8 Å². The van der Waals surface area contributed by atoms with Gasteiger partial charge in [0.05, 0.1) is 16.8 Å². The summed E-state index contributed by atoms with van der Waals surface area (Å²) in [6, 6.07) is 4.03. The van der Waals surface area contributed by atoms with Crippen LogP contribution in [-0.4, -0.2) is 11.0 Å². The number of nitrogens with one attached hydrogen (secondary N) is 1. The summed E-state index contributed by atoms with van der Waals surface area (Å²) in [6.45, 7) is 6.86. The van der Waals surface area contributed by atoms with Gasteiger partial charge in [-0.1, -0.05) is 32.4 Å². The third-order valence-electron chi connectivity index (χ3n) is 4.19. The van der Waals surface area contributed by atoms with E-state index in [1.165, 1.54) is 13.0 Å². The molecule has 2 N–H and O–H groups in total. The maximum atomic E-state index is 13.3. The van der Waals surface area contributed by atoms with Gasteiger partial charge in [0.25, 0.3) is 5.91 Å². The van der Waals surface area contributed by atoms with Crippen molar-refractivity contribution in [2.45, 2.75) is 39.3 Å². The van der Waals surface area contributed by atoms with E-state index < -0.39 is 34.4 Å². The molecule has 5 nitrogen and oxygen atoms in total. The van der Waals surface area contributed by atoms with Crippen molar-refractivity contribution >= 4 is 28.9 Å². The lowest BCUT2D eigenvalue weighted by Gasteiger charge is -2.24. The van der Waals surface area contributed by atoms with Crippen LogP contribution in [0.4, 0.5) is 24.5 Å². The minimum Gasteiger partial charge on any atom is -0.507 e. The second-order valence-electron chi connectivity index (χ2n) is 7.28. The Balaban J connectivity index is 2.58. The number of carbonyl (C=O) groups is 1. The lowest BCUT2D eigenvalue weighted by molar-refractivity contribution is -0.136. The second kappa shape index (κ2) is 7.43. The molecule has 0 aromatic heterocycles. The van der Waals surface area contributed by atoms with Crippen molar-refractivity contribution < 1.29 is 23.1 Å². The van der Waals surface area contributed by atoms with Gasteiger partial charge >= 0.3 is 6.18 Å². The predicted molar refractivity (Wildman–Crippen MR) is 101 cm³/mol. The Kier molecular flexibility index (Phi) is 5.75. The van der Waals surface area contributed by atoms with Crippen LogP contribution in [0.2, 0.25) is 5.02 Å². The van der Waals surface area contributed by atoms with Gasteiger partial charge in [0, 0.05) is 10.6 Å². The van der Waals surface area contributed by atoms with E-state index in [9.17, 15) is 28.0 Å². The first-order valence-corrected chi connectivity index (χ1v) is 8.53. The number of nitroso groups, excluding NO2 is 1. The van der Waals surface area contributed by atoms with Crippen LogP contribution in [0, 0.1) is 11.8 Å². The normalized spacial score (nSPS) is 12.0. The van der Waals surface area contributed by atoms with Gasteiger partial charge in [-0.05, 0) is 47.3 Å². The highest BCUT2D eigenvalue weighted by Gasteiger charge is 2.35. The molecule has 150 valence electrons. The maximum Gasteiger partial charge on any atom is 0.418 e. The zero-order valence-corrected chi connectivity index (χ0v) is 16.3. The highest BCUT2D eigenvalue weighted by molar-refractivity contribution is 6.32. The molecule has 0 aliphatic heterocycles. The van der Waals surface area contributed by atoms with E-state index >= 15 is 0 Å². The highest BCUT2D eigenvalue weighted by atomic mass is 35.5. The lowest BCUT2D eigenvalue weighted by Crippen LogP contribution is -2.20. The molecule has 2 aromatic carbocycles. The van der Waals surface area contributed by atoms with Gasteiger partial charge in [0.15, 0.2) is 0 Å². The van der Waals surface area contributed by atoms with Gasteiger partial charge in [-0.2, -0.15) is 13.2 Å². The summed E-state index contributed by atoms with van der Waals surface area (Å²) in [6.07, 6.45) is -4.83. The molecule has 0 aliphatic carbocycles. The molecule has 0 radical (unpaired) electrons. The number of benzene rings is 2. The van der Waals surface area contributed by atoms with Crippen LogP contribution in [-0.2, 0) is 11.6 Å². The average Bonchev–Trinajstić information content (AvgIpc) is 2.56. The largest absolute Gasteiger partial charge is 0.507 e. The number of carbonyl (C=O) groups excluding carboxylic acids is 1. The van der Waals surface area contributed by atoms with E-state index in [2.05, 4.69) is 10.5 Å². The SMILES string of the molecule is Cc1c(Cl)cc(C(C)(C)C)c(O)c1C(=O)Nc1ccc(N=O)cc1C(F)(F)F. The molecular weight excluding hydrogens is 397 g/mol. The number of aromatic hydroxyl groups is 1. The molecule has 0 spiro atoms. The average molecular weight is 415 g/mol. The fraction of sp³-hybridized carbons (Fsp3) is 0.316. The third kappa shape index (κ3) is 4.27. The van der Waals surface area contributed by atoms with Crippen LogP contribution in [0.25, 0.3) is 0 Å². The van der Waals surface area contributed by atoms with Crippen LogP contribution < -0.4 is 5.32 Å². The Hall–Kier alpha value is -2.61. The summed E-state index contributed by atoms with van der Waals surface area (Å²) >= 11 is 6.17. The van der Waals surface area contributed by atoms with Crippen LogP contribution >= 0.6 is 11.6 Å². The molecule has 0 saturated heterocycles. The van der Waals surface area contributed by atoms with Crippen molar-refractivity contribution in [2.24, 2.45) is 5.18 Å². The first-order valence-electron chi connectivity index (χ1n) is 8.16. The Morgan fingerprint density at radius 1 is 1.14 bits per heavy atom. The number of hydrogen-bond acceptors (Lipinski definition) is 4. The summed E-state index contributed by atoms with van der Waals surface area (Å²) in [5, 5.41) is 15.4. The first-order chi connectivity index (χ1) is 12.8. The second-order valence-corrected chi connectivity index (χ2v) is 7.68. The molecular formula is C19H18ClF3N2O3. The molecule has 0 unspecified atom stereocenters. The van der Waals surface area contributed by atoms with Gasteiger partial charge in [-0.15, -0.1) is 4.91 Å². The Morgan fingerprint density at radius 3 is 2.25 bits per heavy atom. The fourth-order valence-electron chi connectivity index (χ4n) is 2.70. The fourth-order valence-corrected chi connectivity index (χ4v) is 2.91. The predicted octanol–water partition coefficient (Wildman–Crippen LogP) is 6.32. The van der Waals surface area contributed by atoms with Gasteiger partial charge in [0.2, 0.25) is 0 Å². The number of phenolic OH excluding ortho intramolecular Hbond substituents is 1. The van der Waals surface area contributed by atoms with Crippen molar-refractivity contribution in [2.75, 3.05) is 5.32 Å². The van der Waals surface area contributed by atoms with Gasteiger partial charge < -0.3 is 10.4 Å². The molecule has 0 atom stereocenters. The Labute approximate surface area is 164 Å². The molecule has 0 bridgehead atoms. The van der Waals surface area contributed by atoms with E-state index in [0.717, 1.165) is 12.1 Å². The lowest BCUT2D eigenvalue weighted by atomic mass is 9.84. The van der Waals surface area contributed by atoms with E-state index in [1.807, 2.05) is 0 Å². The number of alkyl halides is 3. The van der Waals surface area contributed by atoms with Crippen molar-refractivity contribution in [3.8, 4) is 5.75 Å². The number of rotatable bonds is 3. The van der Waals surface area contributed by atoms with E-state index in [-0.39, 0.29) is 21.9 Å². The number of anilines is 1. The van der Waals surface area contributed by atoms with Crippen molar-refractivity contribution in [3.63, 3.8) is 0 Å². The maximum absolute atomic E-state index is 13.3. The monoisotopic (exact) mass is 414 g/mol. The summed E-state index contributed by atoms with van der Waals surface area (Å²) in [5.41, 5.74) is -2.40. The van der Waals surface area contributed by atoms with Crippen LogP contribution in [0.1, 0.15) is 47.8 Å². The molecule has 2 rings (SSSR count). The molecule has 28 heavy (non-hydrogen) atoms. The third-order valence-corrected chi connectivity index (χ3v) is 4.59. The van der Waals surface area contributed by atoms with Crippen LogP contribution in [0.15, 0.2) is 29.4 Å². The minimum atomic E-state index is -4.83. The highest BCUT2D eigenvalue weighted by Crippen LogP contribution is 2.40. The zero-order valence-electron chi connectivity index (χ0n) is 15.5. The molecule has 1 amide bonds. The molecule has 0 fully saturated rings. The molecule has 0 saturated carbocycles. The summed E-state index contributed by atoms with van der Waals surface area (Å²) in [7, 11) is 0. The van der Waals surface area contributed by atoms with Gasteiger partial charge in [0.1, 0.15) is 11.4 Å². The number of halogens is 4. The first kappa shape index (κ1) is 21.7. The number of amides is 1. The number of nitrogens with zero attached hydrogens (tertiary/aromatic N) is 1. The van der Waals surface area contributed by atoms with Gasteiger partial charge in [-0.25, -0.2) is 0 Å². The van der Waals surface area contributed by atoms with Crippen LogP contribution in [0.3, 0.4) is 0 Å². The van der Waals surface area contributed by atoms with E-state index in [1.54, 1.807) is 20.8 Å². The molecule has 9 heteroatoms. The number of phenols is 1.